The summed E-state index contributed by atoms with van der Waals surface area (Å²) in [5, 5.41) is 2.89. The van der Waals surface area contributed by atoms with Crippen molar-refractivity contribution in [2.24, 2.45) is 0 Å². The maximum atomic E-state index is 12.8. The Kier molecular flexibility index (Phi) is 4.68. The van der Waals surface area contributed by atoms with Crippen LogP contribution in [0, 0.1) is 6.92 Å². The topological polar surface area (TPSA) is 97.6 Å². The van der Waals surface area contributed by atoms with E-state index < -0.39 is 0 Å². The molecular formula is C20H20N4O4. The van der Waals surface area contributed by atoms with E-state index in [0.717, 1.165) is 16.6 Å². The van der Waals surface area contributed by atoms with Gasteiger partial charge in [0, 0.05) is 37.6 Å². The lowest BCUT2D eigenvalue weighted by Gasteiger charge is -2.28. The lowest BCUT2D eigenvalue weighted by Crippen LogP contribution is -2.37. The van der Waals surface area contributed by atoms with Gasteiger partial charge in [-0.2, -0.15) is 0 Å². The number of hydrogen-bond acceptors (Lipinski definition) is 6. The number of pyridine rings is 1. The summed E-state index contributed by atoms with van der Waals surface area (Å²) in [7, 11) is 0. The fourth-order valence-electron chi connectivity index (χ4n) is 3.38. The average Bonchev–Trinajstić information content (AvgIpc) is 3.06. The molecule has 144 valence electrons. The van der Waals surface area contributed by atoms with Gasteiger partial charge >= 0.3 is 6.09 Å². The molecule has 0 saturated heterocycles. The number of aryl methyl sites for hydroxylation is 1. The lowest BCUT2D eigenvalue weighted by molar-refractivity contribution is 0.101. The van der Waals surface area contributed by atoms with Gasteiger partial charge in [0.25, 0.3) is 5.91 Å². The van der Waals surface area contributed by atoms with Crippen LogP contribution in [0.15, 0.2) is 35.0 Å². The van der Waals surface area contributed by atoms with Gasteiger partial charge in [-0.15, -0.1) is 0 Å². The third-order valence-electron chi connectivity index (χ3n) is 4.66. The molecule has 0 unspecified atom stereocenters. The normalized spacial score (nSPS) is 13.3. The predicted octanol–water partition coefficient (Wildman–Crippen LogP) is 3.30. The summed E-state index contributed by atoms with van der Waals surface area (Å²) >= 11 is 0. The van der Waals surface area contributed by atoms with E-state index in [-0.39, 0.29) is 12.0 Å². The fraction of sp³-hybridized carbons (Fsp3) is 0.300. The van der Waals surface area contributed by atoms with Gasteiger partial charge in [0.05, 0.1) is 18.7 Å². The highest BCUT2D eigenvalue weighted by atomic mass is 16.6. The molecular weight excluding hydrogens is 360 g/mol. The number of fused-ring (bicyclic) bond motifs is 2. The summed E-state index contributed by atoms with van der Waals surface area (Å²) in [4.78, 5) is 34.9. The van der Waals surface area contributed by atoms with Crippen molar-refractivity contribution in [1.29, 1.82) is 0 Å². The van der Waals surface area contributed by atoms with Crippen molar-refractivity contribution in [1.82, 2.24) is 14.9 Å². The number of carbonyl (C=O) groups excluding carboxylic acids is 2. The minimum atomic E-state index is -0.348. The molecule has 0 bridgehead atoms. The van der Waals surface area contributed by atoms with Crippen LogP contribution >= 0.6 is 0 Å². The maximum Gasteiger partial charge on any atom is 0.410 e. The van der Waals surface area contributed by atoms with E-state index in [1.807, 2.05) is 0 Å². The third kappa shape index (κ3) is 3.40. The summed E-state index contributed by atoms with van der Waals surface area (Å²) < 4.78 is 10.6. The Morgan fingerprint density at radius 3 is 3.00 bits per heavy atom. The van der Waals surface area contributed by atoms with E-state index in [4.69, 9.17) is 9.15 Å². The molecule has 1 aromatic carbocycles. The first-order valence-electron chi connectivity index (χ1n) is 9.11. The molecule has 3 heterocycles. The van der Waals surface area contributed by atoms with Gasteiger partial charge < -0.3 is 19.4 Å². The first kappa shape index (κ1) is 18.0. The second-order valence-corrected chi connectivity index (χ2v) is 6.56. The van der Waals surface area contributed by atoms with E-state index in [2.05, 4.69) is 15.3 Å². The number of carbonyl (C=O) groups is 2. The SMILES string of the molecule is CCOC(=O)N1CCc2c(cncc2C(=O)Nc2ccc3nc(C)oc3c2)C1. The van der Waals surface area contributed by atoms with Gasteiger partial charge in [-0.25, -0.2) is 9.78 Å². The average molecular weight is 380 g/mol. The van der Waals surface area contributed by atoms with Crippen molar-refractivity contribution in [2.75, 3.05) is 18.5 Å². The molecule has 3 aromatic rings. The molecule has 28 heavy (non-hydrogen) atoms. The van der Waals surface area contributed by atoms with E-state index in [9.17, 15) is 9.59 Å². The summed E-state index contributed by atoms with van der Waals surface area (Å²) in [5.74, 6) is 0.329. The number of ether oxygens (including phenoxy) is 1. The minimum Gasteiger partial charge on any atom is -0.450 e. The second kappa shape index (κ2) is 7.30. The van der Waals surface area contributed by atoms with Gasteiger partial charge in [0.1, 0.15) is 5.52 Å². The molecule has 0 fully saturated rings. The van der Waals surface area contributed by atoms with Crippen molar-refractivity contribution in [3.8, 4) is 0 Å². The highest BCUT2D eigenvalue weighted by Gasteiger charge is 2.25. The molecule has 0 saturated carbocycles. The van der Waals surface area contributed by atoms with Gasteiger partial charge in [-0.3, -0.25) is 9.78 Å². The molecule has 4 rings (SSSR count). The number of anilines is 1. The molecule has 0 spiro atoms. The van der Waals surface area contributed by atoms with Crippen molar-refractivity contribution in [3.05, 3.63) is 53.2 Å². The summed E-state index contributed by atoms with van der Waals surface area (Å²) in [5.41, 5.74) is 4.25. The van der Waals surface area contributed by atoms with E-state index in [1.54, 1.807) is 49.3 Å². The molecule has 2 amide bonds. The van der Waals surface area contributed by atoms with Crippen LogP contribution in [0.2, 0.25) is 0 Å². The van der Waals surface area contributed by atoms with Gasteiger partial charge in [0.15, 0.2) is 11.5 Å². The standard InChI is InChI=1S/C20H20N4O4/c1-3-27-20(26)24-7-6-15-13(11-24)9-21-10-16(15)19(25)23-14-4-5-17-18(8-14)28-12(2)22-17/h4-5,8-10H,3,6-7,11H2,1-2H3,(H,23,25). The number of nitrogens with one attached hydrogen (secondary N) is 1. The van der Waals surface area contributed by atoms with E-state index in [0.29, 0.717) is 48.8 Å². The molecule has 1 aliphatic rings. The van der Waals surface area contributed by atoms with Crippen LogP contribution in [0.25, 0.3) is 11.1 Å². The molecule has 0 radical (unpaired) electrons. The number of hydrogen-bond donors (Lipinski definition) is 1. The first-order chi connectivity index (χ1) is 13.5. The van der Waals surface area contributed by atoms with Gasteiger partial charge in [0.2, 0.25) is 0 Å². The molecule has 8 heteroatoms. The Morgan fingerprint density at radius 1 is 1.32 bits per heavy atom. The Bertz CT molecular complexity index is 1060. The molecule has 0 aliphatic carbocycles. The summed E-state index contributed by atoms with van der Waals surface area (Å²) in [6.45, 7) is 4.76. The zero-order chi connectivity index (χ0) is 19.7. The smallest absolute Gasteiger partial charge is 0.410 e. The monoisotopic (exact) mass is 380 g/mol. The largest absolute Gasteiger partial charge is 0.450 e. The number of aromatic nitrogens is 2. The zero-order valence-electron chi connectivity index (χ0n) is 15.7. The van der Waals surface area contributed by atoms with Crippen LogP contribution in [0.1, 0.15) is 34.3 Å². The van der Waals surface area contributed by atoms with Crippen LogP contribution < -0.4 is 5.32 Å². The summed E-state index contributed by atoms with van der Waals surface area (Å²) in [6, 6.07) is 5.34. The van der Waals surface area contributed by atoms with E-state index in [1.165, 1.54) is 0 Å². The quantitative estimate of drug-likeness (QED) is 0.749. The Balaban J connectivity index is 1.55. The molecule has 2 aromatic heterocycles. The second-order valence-electron chi connectivity index (χ2n) is 6.56. The number of benzene rings is 1. The van der Waals surface area contributed by atoms with Crippen molar-refractivity contribution in [2.45, 2.75) is 26.8 Å². The number of oxazole rings is 1. The molecule has 8 nitrogen and oxygen atoms in total. The molecule has 1 aliphatic heterocycles. The predicted molar refractivity (Wildman–Crippen MR) is 102 cm³/mol. The Morgan fingerprint density at radius 2 is 2.18 bits per heavy atom. The van der Waals surface area contributed by atoms with Crippen molar-refractivity contribution >= 4 is 28.8 Å². The summed E-state index contributed by atoms with van der Waals surface area (Å²) in [6.07, 6.45) is 3.48. The minimum absolute atomic E-state index is 0.246. The van der Waals surface area contributed by atoms with Crippen LogP contribution in [0.3, 0.4) is 0 Å². The molecule has 0 atom stereocenters. The first-order valence-corrected chi connectivity index (χ1v) is 9.11. The third-order valence-corrected chi connectivity index (χ3v) is 4.66. The number of rotatable bonds is 3. The van der Waals surface area contributed by atoms with Crippen LogP contribution in [0.5, 0.6) is 0 Å². The highest BCUT2D eigenvalue weighted by molar-refractivity contribution is 6.06. The Labute approximate surface area is 161 Å². The van der Waals surface area contributed by atoms with Gasteiger partial charge in [-0.05, 0) is 36.6 Å². The Hall–Kier alpha value is -3.42. The van der Waals surface area contributed by atoms with Crippen LogP contribution in [0.4, 0.5) is 10.5 Å². The zero-order valence-corrected chi connectivity index (χ0v) is 15.7. The lowest BCUT2D eigenvalue weighted by atomic mass is 9.97. The van der Waals surface area contributed by atoms with Crippen molar-refractivity contribution in [3.63, 3.8) is 0 Å². The van der Waals surface area contributed by atoms with E-state index >= 15 is 0 Å². The van der Waals surface area contributed by atoms with Crippen LogP contribution in [-0.4, -0.2) is 40.0 Å². The number of amides is 2. The van der Waals surface area contributed by atoms with Gasteiger partial charge in [-0.1, -0.05) is 0 Å². The fourth-order valence-corrected chi connectivity index (χ4v) is 3.38. The van der Waals surface area contributed by atoms with Crippen molar-refractivity contribution < 1.29 is 18.7 Å². The molecule has 1 N–H and O–H groups in total. The highest BCUT2D eigenvalue weighted by Crippen LogP contribution is 2.24. The van der Waals surface area contributed by atoms with Crippen LogP contribution in [-0.2, 0) is 17.7 Å². The maximum absolute atomic E-state index is 12.8. The number of nitrogens with zero attached hydrogens (tertiary/aromatic N) is 3.